The Kier molecular flexibility index (Phi) is 14.6. The molecule has 0 spiro atoms. The second kappa shape index (κ2) is 19.3. The third-order valence-electron chi connectivity index (χ3n) is 8.96. The van der Waals surface area contributed by atoms with Crippen LogP contribution in [0.3, 0.4) is 0 Å². The summed E-state index contributed by atoms with van der Waals surface area (Å²) in [7, 11) is 3.14. The van der Waals surface area contributed by atoms with Gasteiger partial charge in [0.15, 0.2) is 5.78 Å². The zero-order valence-corrected chi connectivity index (χ0v) is 31.0. The quantitative estimate of drug-likeness (QED) is 0.0747. The summed E-state index contributed by atoms with van der Waals surface area (Å²) < 4.78 is 11.1. The minimum atomic E-state index is -0.357. The first-order chi connectivity index (χ1) is 25.0. The molecule has 0 bridgehead atoms. The molecule has 11 nitrogen and oxygen atoms in total. The highest BCUT2D eigenvalue weighted by atomic mass is 16.5. The average molecular weight is 708 g/mol. The number of methoxy groups -OCH3 is 2. The highest BCUT2D eigenvalue weighted by Gasteiger charge is 2.18. The third kappa shape index (κ3) is 10.8. The predicted molar refractivity (Wildman–Crippen MR) is 202 cm³/mol. The van der Waals surface area contributed by atoms with Crippen molar-refractivity contribution in [3.05, 3.63) is 100 Å². The number of carbonyl (C=O) groups is 4. The highest BCUT2D eigenvalue weighted by molar-refractivity contribution is 6.04. The Labute approximate surface area is 305 Å². The number of aryl methyl sites for hydroxylation is 1. The number of anilines is 1. The molecule has 0 fully saturated rings. The second-order valence-corrected chi connectivity index (χ2v) is 12.8. The number of aromatic nitrogens is 2. The van der Waals surface area contributed by atoms with Crippen LogP contribution >= 0.6 is 0 Å². The number of Topliss-reactive ketones (excluding diaryl/α,β-unsaturated/α-hetero) is 2. The van der Waals surface area contributed by atoms with E-state index < -0.39 is 0 Å². The number of pyridine rings is 2. The number of hydrogen-bond acceptors (Lipinski definition) is 9. The lowest BCUT2D eigenvalue weighted by Crippen LogP contribution is -2.20. The Hall–Kier alpha value is -5.42. The maximum absolute atomic E-state index is 13.5. The summed E-state index contributed by atoms with van der Waals surface area (Å²) in [6.07, 6.45) is 7.15. The fourth-order valence-corrected chi connectivity index (χ4v) is 5.98. The molecule has 2 heterocycles. The smallest absolute Gasteiger partial charge is 0.274 e. The van der Waals surface area contributed by atoms with Crippen molar-refractivity contribution < 1.29 is 28.7 Å². The van der Waals surface area contributed by atoms with Crippen LogP contribution in [-0.2, 0) is 29.0 Å². The Balaban J connectivity index is 1.45. The fourth-order valence-electron chi connectivity index (χ4n) is 5.98. The van der Waals surface area contributed by atoms with E-state index in [0.717, 1.165) is 58.2 Å². The van der Waals surface area contributed by atoms with Gasteiger partial charge in [0.05, 0.1) is 14.2 Å². The van der Waals surface area contributed by atoms with Crippen molar-refractivity contribution in [3.8, 4) is 22.6 Å². The summed E-state index contributed by atoms with van der Waals surface area (Å²) >= 11 is 0. The van der Waals surface area contributed by atoms with Crippen LogP contribution in [0.4, 0.5) is 5.69 Å². The summed E-state index contributed by atoms with van der Waals surface area (Å²) in [4.78, 5) is 58.0. The van der Waals surface area contributed by atoms with Crippen LogP contribution in [0.1, 0.15) is 88.3 Å². The molecule has 0 saturated carbocycles. The van der Waals surface area contributed by atoms with Crippen molar-refractivity contribution in [2.75, 3.05) is 32.6 Å². The number of hydrogen-bond donors (Lipinski definition) is 3. The summed E-state index contributed by atoms with van der Waals surface area (Å²) in [6.45, 7) is 8.85. The molecule has 0 unspecified atom stereocenters. The molecule has 2 aromatic heterocycles. The number of amides is 2. The van der Waals surface area contributed by atoms with Crippen molar-refractivity contribution in [2.45, 2.75) is 72.8 Å². The molecule has 11 heteroatoms. The first kappa shape index (κ1) is 39.4. The topological polar surface area (TPSA) is 149 Å². The molecule has 4 rings (SSSR count). The monoisotopic (exact) mass is 707 g/mol. The number of ketones is 2. The Morgan fingerprint density at radius 1 is 0.731 bits per heavy atom. The van der Waals surface area contributed by atoms with Crippen LogP contribution in [0.2, 0.25) is 0 Å². The Morgan fingerprint density at radius 3 is 2.10 bits per heavy atom. The lowest BCUT2D eigenvalue weighted by molar-refractivity contribution is -0.119. The number of benzene rings is 2. The first-order valence-electron chi connectivity index (χ1n) is 17.6. The van der Waals surface area contributed by atoms with Gasteiger partial charge in [-0.1, -0.05) is 30.3 Å². The van der Waals surface area contributed by atoms with E-state index in [-0.39, 0.29) is 35.5 Å². The van der Waals surface area contributed by atoms with Crippen molar-refractivity contribution in [1.82, 2.24) is 20.6 Å². The van der Waals surface area contributed by atoms with Crippen LogP contribution in [0, 0.1) is 13.8 Å². The Morgan fingerprint density at radius 2 is 1.38 bits per heavy atom. The summed E-state index contributed by atoms with van der Waals surface area (Å²) in [5.41, 5.74) is 7.54. The van der Waals surface area contributed by atoms with Gasteiger partial charge in [-0.25, -0.2) is 0 Å². The van der Waals surface area contributed by atoms with E-state index >= 15 is 0 Å². The van der Waals surface area contributed by atoms with Crippen molar-refractivity contribution in [3.63, 3.8) is 0 Å². The van der Waals surface area contributed by atoms with Gasteiger partial charge < -0.3 is 30.2 Å². The lowest BCUT2D eigenvalue weighted by Gasteiger charge is -2.17. The van der Waals surface area contributed by atoms with Gasteiger partial charge in [0, 0.05) is 74.2 Å². The maximum atomic E-state index is 13.5. The maximum Gasteiger partial charge on any atom is 0.274 e. The largest absolute Gasteiger partial charge is 0.496 e. The molecular weight excluding hydrogens is 658 g/mol. The highest BCUT2D eigenvalue weighted by Crippen LogP contribution is 2.33. The SMILES string of the molecule is COc1cc(C(=O)Nc2cccc(-c3cccc(CC(=O)c4cc(OC)c(CNCCCC(C)=O)cn4)c3C)c2C)ncc1CCCCNC(C)=O. The zero-order chi connectivity index (χ0) is 37.6. The number of rotatable bonds is 19. The lowest BCUT2D eigenvalue weighted by atomic mass is 9.91. The van der Waals surface area contributed by atoms with Gasteiger partial charge in [-0.2, -0.15) is 0 Å². The van der Waals surface area contributed by atoms with Crippen LogP contribution in [0.25, 0.3) is 11.1 Å². The third-order valence-corrected chi connectivity index (χ3v) is 8.96. The summed E-state index contributed by atoms with van der Waals surface area (Å²) in [5.74, 6) is 0.802. The van der Waals surface area contributed by atoms with E-state index in [9.17, 15) is 19.2 Å². The van der Waals surface area contributed by atoms with Crippen LogP contribution in [0.15, 0.2) is 60.9 Å². The number of unbranched alkanes of at least 4 members (excludes halogenated alkanes) is 1. The fraction of sp³-hybridized carbons (Fsp3) is 0.366. The van der Waals surface area contributed by atoms with Crippen LogP contribution in [-0.4, -0.2) is 60.7 Å². The van der Waals surface area contributed by atoms with Gasteiger partial charge in [0.25, 0.3) is 5.91 Å². The van der Waals surface area contributed by atoms with Gasteiger partial charge in [-0.15, -0.1) is 0 Å². The number of nitrogens with zero attached hydrogens (tertiary/aromatic N) is 2. The molecule has 274 valence electrons. The Bertz CT molecular complexity index is 1770. The molecule has 0 aliphatic heterocycles. The molecular formula is C41H49N5O6. The van der Waals surface area contributed by atoms with Crippen molar-refractivity contribution in [2.24, 2.45) is 0 Å². The molecule has 2 amide bonds. The van der Waals surface area contributed by atoms with E-state index in [1.165, 1.54) is 6.92 Å². The molecule has 0 saturated heterocycles. The predicted octanol–water partition coefficient (Wildman–Crippen LogP) is 6.37. The standard InChI is InChI=1S/C41H49N5O6/c1-26(47)12-11-18-42-23-32-25-44-36(21-40(32)52-6)38(49)20-30-14-9-15-33(27(30)2)34-16-10-17-35(28(34)3)46-41(50)37-22-39(51-5)31(24-45-37)13-7-8-19-43-29(4)48/h9-10,14-17,21-22,24-25,42H,7-8,11-13,18-20,23H2,1-6H3,(H,43,48)(H,46,50). The second-order valence-electron chi connectivity index (χ2n) is 12.8. The molecule has 2 aromatic carbocycles. The minimum absolute atomic E-state index is 0.0484. The van der Waals surface area contributed by atoms with Gasteiger partial charge >= 0.3 is 0 Å². The number of nitrogens with one attached hydrogen (secondary N) is 3. The molecule has 0 atom stereocenters. The zero-order valence-electron chi connectivity index (χ0n) is 31.0. The van der Waals surface area contributed by atoms with E-state index in [0.29, 0.717) is 55.4 Å². The number of carbonyl (C=O) groups excluding carboxylic acids is 4. The number of ether oxygens (including phenoxy) is 2. The normalized spacial score (nSPS) is 10.8. The molecule has 0 aliphatic carbocycles. The van der Waals surface area contributed by atoms with Gasteiger partial charge in [-0.05, 0) is 86.9 Å². The van der Waals surface area contributed by atoms with Gasteiger partial charge in [-0.3, -0.25) is 24.4 Å². The van der Waals surface area contributed by atoms with Crippen molar-refractivity contribution >= 4 is 29.1 Å². The van der Waals surface area contributed by atoms with E-state index in [1.807, 2.05) is 50.2 Å². The van der Waals surface area contributed by atoms with Gasteiger partial charge in [0.1, 0.15) is 28.7 Å². The summed E-state index contributed by atoms with van der Waals surface area (Å²) in [5, 5.41) is 9.11. The van der Waals surface area contributed by atoms with Crippen LogP contribution < -0.4 is 25.4 Å². The first-order valence-corrected chi connectivity index (χ1v) is 17.6. The van der Waals surface area contributed by atoms with Crippen LogP contribution in [0.5, 0.6) is 11.5 Å². The van der Waals surface area contributed by atoms with E-state index in [2.05, 4.69) is 25.9 Å². The van der Waals surface area contributed by atoms with E-state index in [1.54, 1.807) is 45.7 Å². The van der Waals surface area contributed by atoms with Gasteiger partial charge in [0.2, 0.25) is 5.91 Å². The van der Waals surface area contributed by atoms with E-state index in [4.69, 9.17) is 9.47 Å². The molecule has 4 aromatic rings. The molecule has 0 aliphatic rings. The summed E-state index contributed by atoms with van der Waals surface area (Å²) in [6, 6.07) is 15.0. The molecule has 3 N–H and O–H groups in total. The average Bonchev–Trinajstić information content (AvgIpc) is 3.13. The minimum Gasteiger partial charge on any atom is -0.496 e. The molecule has 0 radical (unpaired) electrons. The van der Waals surface area contributed by atoms with Crippen molar-refractivity contribution in [1.29, 1.82) is 0 Å². The molecule has 52 heavy (non-hydrogen) atoms.